The van der Waals surface area contributed by atoms with Crippen LogP contribution in [0.3, 0.4) is 0 Å². The van der Waals surface area contributed by atoms with Gasteiger partial charge in [-0.05, 0) is 82.3 Å². The maximum absolute atomic E-state index is 9.10. The number of thiophene rings is 2. The van der Waals surface area contributed by atoms with Gasteiger partial charge in [-0.3, -0.25) is 0 Å². The number of hydrogen-bond donors (Lipinski definition) is 0. The monoisotopic (exact) mass is 500 g/mol. The summed E-state index contributed by atoms with van der Waals surface area (Å²) in [6, 6.07) is 20.3. The van der Waals surface area contributed by atoms with Gasteiger partial charge in [0.25, 0.3) is 0 Å². The number of rotatable bonds is 2. The molecule has 0 radical (unpaired) electrons. The van der Waals surface area contributed by atoms with E-state index in [9.17, 15) is 0 Å². The molecule has 0 amide bonds. The smallest absolute Gasteiger partial charge is 0.216 e. The molecule has 2 heterocycles. The zero-order chi connectivity index (χ0) is 24.9. The third-order valence-electron chi connectivity index (χ3n) is 7.18. The molecule has 6 nitrogen and oxygen atoms in total. The van der Waals surface area contributed by atoms with E-state index in [-0.39, 0.29) is 16.8 Å². The molecule has 1 saturated carbocycles. The highest BCUT2D eigenvalue weighted by Crippen LogP contribution is 2.58. The van der Waals surface area contributed by atoms with E-state index >= 15 is 0 Å². The lowest BCUT2D eigenvalue weighted by Crippen LogP contribution is -2.28. The maximum Gasteiger partial charge on any atom is 0.219 e. The summed E-state index contributed by atoms with van der Waals surface area (Å²) in [7, 11) is 0. The standard InChI is InChI=1S/C28H16N6S2/c29-12-18(13-30)33-26-8-16-6-22-20(10-24(16)35-26)21-11-25-17(9-27(36-25)34-19(14-31)15-32)7-23(21)28(22)4-2-1-3-5-28/h6-11H,1-5H2. The van der Waals surface area contributed by atoms with Gasteiger partial charge in [0.05, 0.1) is 0 Å². The van der Waals surface area contributed by atoms with Crippen LogP contribution in [0, 0.1) is 45.3 Å². The average molecular weight is 501 g/mol. The summed E-state index contributed by atoms with van der Waals surface area (Å²) in [5.74, 6) is 0. The van der Waals surface area contributed by atoms with Crippen molar-refractivity contribution < 1.29 is 0 Å². The number of hydrogen-bond acceptors (Lipinski definition) is 8. The third-order valence-corrected chi connectivity index (χ3v) is 9.17. The number of nitrogens with zero attached hydrogens (tertiary/aromatic N) is 6. The van der Waals surface area contributed by atoms with Crippen molar-refractivity contribution >= 4 is 64.3 Å². The van der Waals surface area contributed by atoms with E-state index in [2.05, 4.69) is 34.3 Å². The minimum absolute atomic E-state index is 0.0447. The summed E-state index contributed by atoms with van der Waals surface area (Å²) in [5, 5.41) is 39.9. The van der Waals surface area contributed by atoms with Crippen molar-refractivity contribution in [1.82, 2.24) is 0 Å². The summed E-state index contributed by atoms with van der Waals surface area (Å²) < 4.78 is 2.15. The normalized spacial score (nSPS) is 14.8. The zero-order valence-corrected chi connectivity index (χ0v) is 20.6. The lowest BCUT2D eigenvalue weighted by Gasteiger charge is -2.36. The molecule has 2 aliphatic rings. The highest BCUT2D eigenvalue weighted by atomic mass is 32.1. The summed E-state index contributed by atoms with van der Waals surface area (Å²) in [4.78, 5) is 8.44. The molecule has 0 aliphatic heterocycles. The first-order chi connectivity index (χ1) is 17.6. The van der Waals surface area contributed by atoms with Crippen molar-refractivity contribution in [3.05, 3.63) is 47.5 Å². The predicted molar refractivity (Wildman–Crippen MR) is 143 cm³/mol. The molecule has 36 heavy (non-hydrogen) atoms. The quantitative estimate of drug-likeness (QED) is 0.263. The van der Waals surface area contributed by atoms with Crippen LogP contribution in [0.25, 0.3) is 31.3 Å². The fourth-order valence-electron chi connectivity index (χ4n) is 5.70. The largest absolute Gasteiger partial charge is 0.219 e. The minimum atomic E-state index is -0.141. The summed E-state index contributed by atoms with van der Waals surface area (Å²) >= 11 is 2.97. The van der Waals surface area contributed by atoms with E-state index in [0.29, 0.717) is 10.0 Å². The van der Waals surface area contributed by atoms with Crippen LogP contribution in [0.1, 0.15) is 43.2 Å². The first kappa shape index (κ1) is 22.1. The van der Waals surface area contributed by atoms with E-state index in [4.69, 9.17) is 21.0 Å². The van der Waals surface area contributed by atoms with Crippen LogP contribution < -0.4 is 0 Å². The second-order valence-corrected chi connectivity index (χ2v) is 11.2. The van der Waals surface area contributed by atoms with Gasteiger partial charge in [-0.25, -0.2) is 9.98 Å². The fourth-order valence-corrected chi connectivity index (χ4v) is 7.62. The number of nitriles is 4. The maximum atomic E-state index is 9.10. The molecule has 0 saturated heterocycles. The Kier molecular flexibility index (Phi) is 5.17. The van der Waals surface area contributed by atoms with E-state index in [1.54, 1.807) is 0 Å². The Morgan fingerprint density at radius 3 is 1.50 bits per heavy atom. The van der Waals surface area contributed by atoms with Gasteiger partial charge in [-0.15, -0.1) is 22.7 Å². The molecule has 1 fully saturated rings. The highest BCUT2D eigenvalue weighted by molar-refractivity contribution is 7.23. The van der Waals surface area contributed by atoms with Gasteiger partial charge in [-0.2, -0.15) is 21.0 Å². The molecule has 0 unspecified atom stereocenters. The molecule has 170 valence electrons. The Hall–Kier alpha value is -4.34. The lowest BCUT2D eigenvalue weighted by atomic mass is 9.67. The van der Waals surface area contributed by atoms with Crippen LogP contribution in [-0.4, -0.2) is 11.4 Å². The third kappa shape index (κ3) is 3.32. The van der Waals surface area contributed by atoms with E-state index in [0.717, 1.165) is 33.0 Å². The average Bonchev–Trinajstić information content (AvgIpc) is 3.56. The molecular formula is C28H16N6S2. The molecule has 2 aromatic carbocycles. The Morgan fingerprint density at radius 2 is 1.08 bits per heavy atom. The summed E-state index contributed by atoms with van der Waals surface area (Å²) in [5.41, 5.74) is 4.84. The van der Waals surface area contributed by atoms with Gasteiger partial charge in [0, 0.05) is 14.8 Å². The van der Waals surface area contributed by atoms with Crippen molar-refractivity contribution in [2.24, 2.45) is 9.98 Å². The van der Waals surface area contributed by atoms with Crippen molar-refractivity contribution in [3.8, 4) is 35.4 Å². The van der Waals surface area contributed by atoms with Crippen molar-refractivity contribution in [1.29, 1.82) is 21.0 Å². The second kappa shape index (κ2) is 8.40. The molecule has 2 aliphatic carbocycles. The van der Waals surface area contributed by atoms with Crippen molar-refractivity contribution in [2.45, 2.75) is 37.5 Å². The Labute approximate surface area is 215 Å². The van der Waals surface area contributed by atoms with Gasteiger partial charge in [0.15, 0.2) is 0 Å². The van der Waals surface area contributed by atoms with Crippen LogP contribution in [0.5, 0.6) is 0 Å². The van der Waals surface area contributed by atoms with Gasteiger partial charge < -0.3 is 0 Å². The van der Waals surface area contributed by atoms with Crippen LogP contribution in [-0.2, 0) is 5.41 Å². The predicted octanol–water partition coefficient (Wildman–Crippen LogP) is 7.59. The van der Waals surface area contributed by atoms with Crippen LogP contribution in [0.15, 0.2) is 46.4 Å². The van der Waals surface area contributed by atoms with Gasteiger partial charge in [0.2, 0.25) is 11.4 Å². The van der Waals surface area contributed by atoms with Gasteiger partial charge >= 0.3 is 0 Å². The van der Waals surface area contributed by atoms with Crippen LogP contribution >= 0.6 is 22.7 Å². The molecule has 1 spiro atoms. The molecular weight excluding hydrogens is 484 g/mol. The minimum Gasteiger partial charge on any atom is -0.216 e. The second-order valence-electron chi connectivity index (χ2n) is 9.05. The molecule has 0 bridgehead atoms. The highest BCUT2D eigenvalue weighted by Gasteiger charge is 2.44. The zero-order valence-electron chi connectivity index (χ0n) is 19.0. The molecule has 8 heteroatoms. The van der Waals surface area contributed by atoms with Gasteiger partial charge in [-0.1, -0.05) is 19.3 Å². The number of fused-ring (bicyclic) bond motifs is 7. The Bertz CT molecular complexity index is 1660. The first-order valence-corrected chi connectivity index (χ1v) is 13.2. The SMILES string of the molecule is N#CC(C#N)=Nc1cc2cc3c(cc2s1)-c1cc2sc(N=C(C#N)C#N)cc2cc1C31CCCCC1. The lowest BCUT2D eigenvalue weighted by molar-refractivity contribution is 0.353. The molecule has 6 rings (SSSR count). The summed E-state index contributed by atoms with van der Waals surface area (Å²) in [6.07, 6.45) is 5.77. The molecule has 0 atom stereocenters. The summed E-state index contributed by atoms with van der Waals surface area (Å²) in [6.45, 7) is 0. The Morgan fingerprint density at radius 1 is 0.639 bits per heavy atom. The van der Waals surface area contributed by atoms with E-state index in [1.807, 2.05) is 36.4 Å². The van der Waals surface area contributed by atoms with Crippen molar-refractivity contribution in [3.63, 3.8) is 0 Å². The number of aliphatic imine (C=N–C) groups is 2. The molecule has 4 aromatic rings. The Balaban J connectivity index is 1.57. The van der Waals surface area contributed by atoms with Crippen LogP contribution in [0.4, 0.5) is 10.0 Å². The van der Waals surface area contributed by atoms with Gasteiger partial charge in [0.1, 0.15) is 34.3 Å². The van der Waals surface area contributed by atoms with E-state index < -0.39 is 0 Å². The van der Waals surface area contributed by atoms with E-state index in [1.165, 1.54) is 64.2 Å². The number of benzene rings is 2. The topological polar surface area (TPSA) is 120 Å². The van der Waals surface area contributed by atoms with Crippen molar-refractivity contribution in [2.75, 3.05) is 0 Å². The molecule has 2 aromatic heterocycles. The van der Waals surface area contributed by atoms with Crippen LogP contribution in [0.2, 0.25) is 0 Å². The molecule has 0 N–H and O–H groups in total. The fraction of sp³-hybridized carbons (Fsp3) is 0.214. The first-order valence-electron chi connectivity index (χ1n) is 11.5.